The summed E-state index contributed by atoms with van der Waals surface area (Å²) in [4.78, 5) is 19.4. The van der Waals surface area contributed by atoms with Crippen LogP contribution in [0.15, 0.2) is 35.4 Å². The number of nitrogens with one attached hydrogen (secondary N) is 1. The van der Waals surface area contributed by atoms with Crippen LogP contribution < -0.4 is 5.43 Å². The fourth-order valence-electron chi connectivity index (χ4n) is 2.45. The lowest BCUT2D eigenvalue weighted by Crippen LogP contribution is -2.18. The van der Waals surface area contributed by atoms with E-state index in [1.807, 2.05) is 12.1 Å². The van der Waals surface area contributed by atoms with E-state index in [0.29, 0.717) is 0 Å². The first-order valence-electron chi connectivity index (χ1n) is 5.30. The van der Waals surface area contributed by atoms with Gasteiger partial charge in [0.2, 0.25) is 0 Å². The van der Waals surface area contributed by atoms with Crippen LogP contribution in [0.5, 0.6) is 0 Å². The lowest BCUT2D eigenvalue weighted by Gasteiger charge is -2.19. The van der Waals surface area contributed by atoms with Gasteiger partial charge in [0.25, 0.3) is 0 Å². The number of aromatic amines is 1. The van der Waals surface area contributed by atoms with E-state index >= 15 is 0 Å². The van der Waals surface area contributed by atoms with Crippen molar-refractivity contribution in [2.75, 3.05) is 0 Å². The second-order valence-corrected chi connectivity index (χ2v) is 4.62. The third kappa shape index (κ3) is 0.975. The molecule has 0 radical (unpaired) electrons. The van der Waals surface area contributed by atoms with Gasteiger partial charge in [-0.15, -0.1) is 0 Å². The number of hydrogen-bond donors (Lipinski definition) is 1. The van der Waals surface area contributed by atoms with Crippen molar-refractivity contribution in [2.45, 2.75) is 19.3 Å². The largest absolute Gasteiger partial charge is 0.363 e. The number of rotatable bonds is 0. The first-order chi connectivity index (χ1) is 7.62. The predicted octanol–water partition coefficient (Wildman–Crippen LogP) is 2.08. The van der Waals surface area contributed by atoms with Gasteiger partial charge in [-0.2, -0.15) is 0 Å². The van der Waals surface area contributed by atoms with Crippen LogP contribution in [0.2, 0.25) is 0 Å². The van der Waals surface area contributed by atoms with Crippen molar-refractivity contribution < 1.29 is 0 Å². The average Bonchev–Trinajstić information content (AvgIpc) is 2.51. The van der Waals surface area contributed by atoms with Crippen LogP contribution in [0.4, 0.5) is 0 Å². The molecule has 16 heavy (non-hydrogen) atoms. The quantitative estimate of drug-likeness (QED) is 0.726. The van der Waals surface area contributed by atoms with Crippen LogP contribution in [0, 0.1) is 0 Å². The smallest absolute Gasteiger partial charge is 0.191 e. The standard InChI is InChI=1S/C13H12N2O/c1-13(2)8-4-3-6-14-11(8)10-9(16)5-7-15-12(10)13/h3-7H,1-2H3,(H,15,16). The Kier molecular flexibility index (Phi) is 1.64. The first-order valence-corrected chi connectivity index (χ1v) is 5.30. The van der Waals surface area contributed by atoms with E-state index in [1.54, 1.807) is 18.5 Å². The van der Waals surface area contributed by atoms with Gasteiger partial charge in [-0.25, -0.2) is 0 Å². The van der Waals surface area contributed by atoms with E-state index in [2.05, 4.69) is 23.8 Å². The van der Waals surface area contributed by atoms with Gasteiger partial charge in [0.05, 0.1) is 11.3 Å². The average molecular weight is 212 g/mol. The number of hydrogen-bond acceptors (Lipinski definition) is 2. The zero-order chi connectivity index (χ0) is 11.3. The van der Waals surface area contributed by atoms with Crippen molar-refractivity contribution in [3.8, 4) is 11.3 Å². The van der Waals surface area contributed by atoms with Crippen molar-refractivity contribution in [3.05, 3.63) is 52.1 Å². The molecule has 3 nitrogen and oxygen atoms in total. The Hall–Kier alpha value is -1.90. The van der Waals surface area contributed by atoms with Gasteiger partial charge < -0.3 is 4.98 Å². The monoisotopic (exact) mass is 212 g/mol. The molecule has 2 aromatic heterocycles. The molecule has 1 aliphatic carbocycles. The second kappa shape index (κ2) is 2.82. The molecule has 0 saturated carbocycles. The maximum Gasteiger partial charge on any atom is 0.191 e. The van der Waals surface area contributed by atoms with Crippen LogP contribution in [0.3, 0.4) is 0 Å². The minimum absolute atomic E-state index is 0.0410. The van der Waals surface area contributed by atoms with Crippen molar-refractivity contribution in [1.29, 1.82) is 0 Å². The van der Waals surface area contributed by atoms with E-state index < -0.39 is 0 Å². The number of pyridine rings is 2. The SMILES string of the molecule is CC1(C)c2cccnc2-c2c1[nH]ccc2=O. The zero-order valence-corrected chi connectivity index (χ0v) is 9.24. The maximum absolute atomic E-state index is 11.9. The molecular weight excluding hydrogens is 200 g/mol. The van der Waals surface area contributed by atoms with Crippen LogP contribution >= 0.6 is 0 Å². The Morgan fingerprint density at radius 3 is 2.94 bits per heavy atom. The zero-order valence-electron chi connectivity index (χ0n) is 9.24. The highest BCUT2D eigenvalue weighted by atomic mass is 16.1. The van der Waals surface area contributed by atoms with Crippen molar-refractivity contribution in [2.24, 2.45) is 0 Å². The van der Waals surface area contributed by atoms with E-state index in [9.17, 15) is 4.79 Å². The van der Waals surface area contributed by atoms with Gasteiger partial charge in [0.15, 0.2) is 5.43 Å². The van der Waals surface area contributed by atoms with Gasteiger partial charge >= 0.3 is 0 Å². The molecule has 3 heteroatoms. The van der Waals surface area contributed by atoms with Crippen molar-refractivity contribution >= 4 is 0 Å². The summed E-state index contributed by atoms with van der Waals surface area (Å²) in [6, 6.07) is 5.51. The van der Waals surface area contributed by atoms with Crippen LogP contribution in [-0.4, -0.2) is 9.97 Å². The van der Waals surface area contributed by atoms with Gasteiger partial charge in [-0.1, -0.05) is 19.9 Å². The Morgan fingerprint density at radius 2 is 2.12 bits per heavy atom. The predicted molar refractivity (Wildman–Crippen MR) is 62.4 cm³/mol. The molecule has 0 aliphatic heterocycles. The van der Waals surface area contributed by atoms with E-state index in [4.69, 9.17) is 0 Å². The molecule has 0 spiro atoms. The number of fused-ring (bicyclic) bond motifs is 3. The van der Waals surface area contributed by atoms with E-state index in [1.165, 1.54) is 0 Å². The third-order valence-electron chi connectivity index (χ3n) is 3.30. The molecule has 0 fully saturated rings. The van der Waals surface area contributed by atoms with Crippen LogP contribution in [-0.2, 0) is 5.41 Å². The molecule has 80 valence electrons. The Balaban J connectivity index is 2.50. The molecule has 0 bridgehead atoms. The van der Waals surface area contributed by atoms with Crippen LogP contribution in [0.25, 0.3) is 11.3 Å². The number of H-pyrrole nitrogens is 1. The van der Waals surface area contributed by atoms with E-state index in [-0.39, 0.29) is 10.8 Å². The number of nitrogens with zero attached hydrogens (tertiary/aromatic N) is 1. The Labute approximate surface area is 93.2 Å². The fraction of sp³-hybridized carbons (Fsp3) is 0.231. The molecule has 0 amide bonds. The highest BCUT2D eigenvalue weighted by molar-refractivity contribution is 5.75. The van der Waals surface area contributed by atoms with Gasteiger partial charge in [-0.3, -0.25) is 9.78 Å². The van der Waals surface area contributed by atoms with Crippen LogP contribution in [0.1, 0.15) is 25.1 Å². The minimum atomic E-state index is -0.167. The number of aromatic nitrogens is 2. The summed E-state index contributed by atoms with van der Waals surface area (Å²) in [5.74, 6) is 0. The third-order valence-corrected chi connectivity index (χ3v) is 3.30. The maximum atomic E-state index is 11.9. The summed E-state index contributed by atoms with van der Waals surface area (Å²) >= 11 is 0. The van der Waals surface area contributed by atoms with Gasteiger partial charge in [0, 0.05) is 29.6 Å². The lowest BCUT2D eigenvalue weighted by atomic mass is 9.86. The first kappa shape index (κ1) is 9.33. The Morgan fingerprint density at radius 1 is 1.31 bits per heavy atom. The lowest BCUT2D eigenvalue weighted by molar-refractivity contribution is 0.635. The van der Waals surface area contributed by atoms with E-state index in [0.717, 1.165) is 22.5 Å². The van der Waals surface area contributed by atoms with Gasteiger partial charge in [0.1, 0.15) is 0 Å². The second-order valence-electron chi connectivity index (χ2n) is 4.62. The molecule has 2 heterocycles. The molecule has 0 aromatic carbocycles. The minimum Gasteiger partial charge on any atom is -0.363 e. The highest BCUT2D eigenvalue weighted by Crippen LogP contribution is 2.44. The molecular formula is C13H12N2O. The molecule has 0 unspecified atom stereocenters. The summed E-state index contributed by atoms with van der Waals surface area (Å²) in [5.41, 5.74) is 3.50. The molecule has 0 atom stereocenters. The molecule has 1 N–H and O–H groups in total. The highest BCUT2D eigenvalue weighted by Gasteiger charge is 2.38. The topological polar surface area (TPSA) is 45.8 Å². The normalized spacial score (nSPS) is 15.6. The summed E-state index contributed by atoms with van der Waals surface area (Å²) in [7, 11) is 0. The van der Waals surface area contributed by atoms with Crippen molar-refractivity contribution in [3.63, 3.8) is 0 Å². The molecule has 1 aliphatic rings. The van der Waals surface area contributed by atoms with Gasteiger partial charge in [-0.05, 0) is 11.6 Å². The fourth-order valence-corrected chi connectivity index (χ4v) is 2.45. The molecule has 2 aromatic rings. The Bertz CT molecular complexity index is 626. The molecule has 3 rings (SSSR count). The summed E-state index contributed by atoms with van der Waals surface area (Å²) in [5, 5.41) is 0. The van der Waals surface area contributed by atoms with Crippen molar-refractivity contribution in [1.82, 2.24) is 9.97 Å². The summed E-state index contributed by atoms with van der Waals surface area (Å²) in [6.45, 7) is 4.21. The molecule has 0 saturated heterocycles. The summed E-state index contributed by atoms with van der Waals surface area (Å²) < 4.78 is 0. The summed E-state index contributed by atoms with van der Waals surface area (Å²) in [6.07, 6.45) is 3.44.